The Kier molecular flexibility index (Phi) is 4.53. The van der Waals surface area contributed by atoms with E-state index < -0.39 is 0 Å². The molecule has 3 rings (SSSR count). The zero-order valence-electron chi connectivity index (χ0n) is 12.5. The molecule has 0 bridgehead atoms. The summed E-state index contributed by atoms with van der Waals surface area (Å²) in [5.74, 6) is 0.503. The molecule has 2 N–H and O–H groups in total. The fraction of sp³-hybridized carbons (Fsp3) is 0.412. The first-order chi connectivity index (χ1) is 10.7. The highest BCUT2D eigenvalue weighted by molar-refractivity contribution is 5.82. The van der Waals surface area contributed by atoms with Crippen LogP contribution in [0, 0.1) is 5.92 Å². The van der Waals surface area contributed by atoms with E-state index in [1.807, 2.05) is 22.8 Å². The Morgan fingerprint density at radius 2 is 2.18 bits per heavy atom. The van der Waals surface area contributed by atoms with Crippen LogP contribution in [0.4, 0.5) is 0 Å². The first-order valence-corrected chi connectivity index (χ1v) is 7.79. The van der Waals surface area contributed by atoms with E-state index in [2.05, 4.69) is 10.6 Å². The Bertz CT molecular complexity index is 717. The Hall–Kier alpha value is -2.14. The largest absolute Gasteiger partial charge is 0.354 e. The van der Waals surface area contributed by atoms with Crippen LogP contribution in [0.3, 0.4) is 0 Å². The van der Waals surface area contributed by atoms with E-state index >= 15 is 0 Å². The Labute approximate surface area is 129 Å². The van der Waals surface area contributed by atoms with Crippen LogP contribution in [0.15, 0.2) is 41.3 Å². The summed E-state index contributed by atoms with van der Waals surface area (Å²) in [6, 6.07) is 8.89. The molecule has 1 unspecified atom stereocenters. The van der Waals surface area contributed by atoms with Gasteiger partial charge in [-0.3, -0.25) is 9.59 Å². The van der Waals surface area contributed by atoms with Crippen molar-refractivity contribution in [2.24, 2.45) is 5.92 Å². The molecule has 116 valence electrons. The van der Waals surface area contributed by atoms with Gasteiger partial charge in [0.15, 0.2) is 5.43 Å². The van der Waals surface area contributed by atoms with Gasteiger partial charge in [-0.25, -0.2) is 0 Å². The van der Waals surface area contributed by atoms with E-state index in [1.54, 1.807) is 12.3 Å². The molecule has 2 heterocycles. The number of nitrogens with zero attached hydrogens (tertiary/aromatic N) is 1. The lowest BCUT2D eigenvalue weighted by Crippen LogP contribution is -2.39. The van der Waals surface area contributed by atoms with Crippen LogP contribution in [0.1, 0.15) is 12.8 Å². The lowest BCUT2D eigenvalue weighted by atomic mass is 10.00. The number of pyridine rings is 1. The van der Waals surface area contributed by atoms with Crippen LogP contribution >= 0.6 is 0 Å². The van der Waals surface area contributed by atoms with Crippen molar-refractivity contribution in [3.63, 3.8) is 0 Å². The summed E-state index contributed by atoms with van der Waals surface area (Å²) in [4.78, 5) is 24.0. The number of hydrogen-bond donors (Lipinski definition) is 2. The van der Waals surface area contributed by atoms with Gasteiger partial charge in [-0.15, -0.1) is 0 Å². The minimum absolute atomic E-state index is 0.0134. The van der Waals surface area contributed by atoms with Crippen molar-refractivity contribution in [2.75, 3.05) is 19.6 Å². The number of carbonyl (C=O) groups is 1. The van der Waals surface area contributed by atoms with Crippen molar-refractivity contribution in [1.82, 2.24) is 15.2 Å². The quantitative estimate of drug-likeness (QED) is 0.889. The topological polar surface area (TPSA) is 63.1 Å². The number of nitrogens with one attached hydrogen (secondary N) is 2. The number of amides is 1. The number of benzene rings is 1. The number of hydrogen-bond acceptors (Lipinski definition) is 3. The predicted molar refractivity (Wildman–Crippen MR) is 86.8 cm³/mol. The second-order valence-corrected chi connectivity index (χ2v) is 5.84. The van der Waals surface area contributed by atoms with Gasteiger partial charge < -0.3 is 15.2 Å². The van der Waals surface area contributed by atoms with Gasteiger partial charge in [-0.2, -0.15) is 0 Å². The lowest BCUT2D eigenvalue weighted by Gasteiger charge is -2.23. The normalized spacial score (nSPS) is 18.3. The molecule has 2 aromatic rings. The molecule has 1 amide bonds. The molecule has 22 heavy (non-hydrogen) atoms. The maximum atomic E-state index is 12.2. The number of piperidine rings is 1. The first-order valence-electron chi connectivity index (χ1n) is 7.79. The van der Waals surface area contributed by atoms with Gasteiger partial charge in [0.25, 0.3) is 0 Å². The van der Waals surface area contributed by atoms with Gasteiger partial charge in [-0.1, -0.05) is 12.1 Å². The van der Waals surface area contributed by atoms with Gasteiger partial charge in [0.1, 0.15) is 6.54 Å². The highest BCUT2D eigenvalue weighted by Crippen LogP contribution is 2.10. The average Bonchev–Trinajstić information content (AvgIpc) is 2.57. The fourth-order valence-electron chi connectivity index (χ4n) is 2.97. The number of carbonyl (C=O) groups excluding carboxylic acids is 1. The van der Waals surface area contributed by atoms with E-state index in [1.165, 1.54) is 12.5 Å². The van der Waals surface area contributed by atoms with E-state index in [0.717, 1.165) is 25.0 Å². The van der Waals surface area contributed by atoms with Gasteiger partial charge >= 0.3 is 0 Å². The van der Waals surface area contributed by atoms with Crippen molar-refractivity contribution >= 4 is 16.8 Å². The van der Waals surface area contributed by atoms with Crippen LogP contribution in [0.2, 0.25) is 0 Å². The van der Waals surface area contributed by atoms with Gasteiger partial charge in [-0.05, 0) is 44.0 Å². The minimum Gasteiger partial charge on any atom is -0.354 e. The van der Waals surface area contributed by atoms with E-state index in [9.17, 15) is 9.59 Å². The number of para-hydroxylation sites is 1. The molecule has 1 aromatic heterocycles. The molecule has 5 nitrogen and oxygen atoms in total. The van der Waals surface area contributed by atoms with Gasteiger partial charge in [0.05, 0.1) is 5.52 Å². The second kappa shape index (κ2) is 6.75. The van der Waals surface area contributed by atoms with Gasteiger partial charge in [0.2, 0.25) is 5.91 Å². The smallest absolute Gasteiger partial charge is 0.239 e. The molecule has 1 atom stereocenters. The predicted octanol–water partition coefficient (Wildman–Crippen LogP) is 1.12. The maximum absolute atomic E-state index is 12.2. The monoisotopic (exact) mass is 299 g/mol. The van der Waals surface area contributed by atoms with Crippen molar-refractivity contribution < 1.29 is 4.79 Å². The molecule has 0 saturated carbocycles. The maximum Gasteiger partial charge on any atom is 0.239 e. The van der Waals surface area contributed by atoms with E-state index in [-0.39, 0.29) is 17.9 Å². The van der Waals surface area contributed by atoms with Crippen molar-refractivity contribution in [1.29, 1.82) is 0 Å². The summed E-state index contributed by atoms with van der Waals surface area (Å²) in [5, 5.41) is 7.00. The zero-order chi connectivity index (χ0) is 15.4. The molecule has 1 saturated heterocycles. The highest BCUT2D eigenvalue weighted by atomic mass is 16.2. The van der Waals surface area contributed by atoms with Crippen LogP contribution in [-0.4, -0.2) is 30.1 Å². The zero-order valence-corrected chi connectivity index (χ0v) is 12.5. The molecule has 0 radical (unpaired) electrons. The molecule has 1 aromatic carbocycles. The van der Waals surface area contributed by atoms with E-state index in [4.69, 9.17) is 0 Å². The van der Waals surface area contributed by atoms with Gasteiger partial charge in [0, 0.05) is 24.2 Å². The number of aromatic nitrogens is 1. The average molecular weight is 299 g/mol. The number of fused-ring (bicyclic) bond motifs is 1. The summed E-state index contributed by atoms with van der Waals surface area (Å²) in [6.45, 7) is 3.00. The Morgan fingerprint density at radius 1 is 1.32 bits per heavy atom. The van der Waals surface area contributed by atoms with Crippen LogP contribution in [0.25, 0.3) is 10.9 Å². The Morgan fingerprint density at radius 3 is 3.00 bits per heavy atom. The van der Waals surface area contributed by atoms with Crippen LogP contribution in [0.5, 0.6) is 0 Å². The molecule has 1 aliphatic heterocycles. The summed E-state index contributed by atoms with van der Waals surface area (Å²) in [6.07, 6.45) is 4.02. The number of rotatable bonds is 4. The molecular formula is C17H21N3O2. The van der Waals surface area contributed by atoms with Crippen molar-refractivity contribution in [3.05, 3.63) is 46.8 Å². The van der Waals surface area contributed by atoms with Crippen LogP contribution in [-0.2, 0) is 11.3 Å². The fourth-order valence-corrected chi connectivity index (χ4v) is 2.97. The molecule has 1 aliphatic rings. The molecule has 5 heteroatoms. The summed E-state index contributed by atoms with van der Waals surface area (Å²) in [5.41, 5.74) is 0.782. The summed E-state index contributed by atoms with van der Waals surface area (Å²) < 4.78 is 1.82. The van der Waals surface area contributed by atoms with Crippen LogP contribution < -0.4 is 16.1 Å². The van der Waals surface area contributed by atoms with E-state index in [0.29, 0.717) is 17.8 Å². The summed E-state index contributed by atoms with van der Waals surface area (Å²) in [7, 11) is 0. The third kappa shape index (κ3) is 3.36. The molecule has 1 fully saturated rings. The highest BCUT2D eigenvalue weighted by Gasteiger charge is 2.14. The lowest BCUT2D eigenvalue weighted by molar-refractivity contribution is -0.121. The standard InChI is InChI=1S/C17H21N3O2/c21-16-7-9-20(15-6-2-1-5-14(15)16)12-17(22)19-11-13-4-3-8-18-10-13/h1-2,5-7,9,13,18H,3-4,8,10-12H2,(H,19,22). The third-order valence-electron chi connectivity index (χ3n) is 4.19. The third-order valence-corrected chi connectivity index (χ3v) is 4.19. The first kappa shape index (κ1) is 14.8. The minimum atomic E-state index is -0.0145. The Balaban J connectivity index is 1.66. The summed E-state index contributed by atoms with van der Waals surface area (Å²) >= 11 is 0. The molecule has 0 spiro atoms. The SMILES string of the molecule is O=C(Cn1ccc(=O)c2ccccc21)NCC1CCCNC1. The van der Waals surface area contributed by atoms with Crippen molar-refractivity contribution in [2.45, 2.75) is 19.4 Å². The molecule has 0 aliphatic carbocycles. The molecular weight excluding hydrogens is 278 g/mol. The van der Waals surface area contributed by atoms with Crippen molar-refractivity contribution in [3.8, 4) is 0 Å². The second-order valence-electron chi connectivity index (χ2n) is 5.84.